The third-order valence-electron chi connectivity index (χ3n) is 6.71. The number of anilines is 3. The monoisotopic (exact) mass is 859 g/mol. The van der Waals surface area contributed by atoms with Gasteiger partial charge in [0.2, 0.25) is 11.9 Å². The third-order valence-corrected chi connectivity index (χ3v) is 10.3. The van der Waals surface area contributed by atoms with Gasteiger partial charge in [0.15, 0.2) is 27.9 Å². The summed E-state index contributed by atoms with van der Waals surface area (Å²) in [6.45, 7) is 0.983. The maximum atomic E-state index is 14.4. The van der Waals surface area contributed by atoms with Crippen molar-refractivity contribution < 1.29 is 158 Å². The van der Waals surface area contributed by atoms with Crippen LogP contribution in [0.5, 0.6) is 5.75 Å². The Balaban J connectivity index is 0.00000336. The van der Waals surface area contributed by atoms with Crippen LogP contribution in [0.1, 0.15) is 0 Å². The van der Waals surface area contributed by atoms with Gasteiger partial charge in [0.05, 0.1) is 63.7 Å². The summed E-state index contributed by atoms with van der Waals surface area (Å²) in [5.74, 6) is -1.66. The summed E-state index contributed by atoms with van der Waals surface area (Å²) < 4.78 is 94.7. The minimum absolute atomic E-state index is 0. The number of aromatic hydroxyl groups is 1. The number of morpholine rings is 1. The van der Waals surface area contributed by atoms with Crippen molar-refractivity contribution >= 4 is 84.1 Å². The Bertz CT molecular complexity index is 2130. The molecule has 0 saturated carbocycles. The molecule has 1 aliphatic rings. The largest absolute Gasteiger partial charge is 1.00 e. The molecule has 0 radical (unpaired) electrons. The summed E-state index contributed by atoms with van der Waals surface area (Å²) in [6.07, 6.45) is -1.20. The molecule has 0 aliphatic carbocycles. The summed E-state index contributed by atoms with van der Waals surface area (Å²) in [5.41, 5.74) is -0.674. The molecule has 2 N–H and O–H groups in total. The van der Waals surface area contributed by atoms with E-state index in [0.29, 0.717) is 26.3 Å². The van der Waals surface area contributed by atoms with Crippen molar-refractivity contribution in [1.82, 2.24) is 15.0 Å². The average Bonchev–Trinajstić information content (AvgIpc) is 3.10. The summed E-state index contributed by atoms with van der Waals surface area (Å²) in [7, 11) is -9.05. The number of nitrogens with one attached hydrogen (secondary N) is 1. The number of phenolic OH excluding ortho intramolecular Hbond substituents is 1. The molecule has 5 rings (SSSR count). The van der Waals surface area contributed by atoms with Gasteiger partial charge in [-0.15, -0.1) is 9.45 Å². The van der Waals surface area contributed by atoms with Gasteiger partial charge >= 0.3 is 94.8 Å². The normalized spacial score (nSPS) is 13.3. The van der Waals surface area contributed by atoms with E-state index < -0.39 is 54.1 Å². The van der Waals surface area contributed by atoms with Crippen LogP contribution in [0.2, 0.25) is 0 Å². The van der Waals surface area contributed by atoms with Gasteiger partial charge in [0.25, 0.3) is 0 Å². The van der Waals surface area contributed by atoms with Crippen LogP contribution in [0.3, 0.4) is 0 Å². The van der Waals surface area contributed by atoms with Crippen molar-refractivity contribution in [3.63, 3.8) is 0 Å². The SMILES string of the molecule is O=S(=O)([O-])c1cc2cc(SOO[O-])c(N=Nc3ccc(S(=O)(=O)CCOSOO[O-])cc3)c(O)c2cc1Nc1nc(F)nc(N2CCOCC2)n1.[Na+].[Na+].[Na+]. The van der Waals surface area contributed by atoms with Gasteiger partial charge in [0, 0.05) is 18.5 Å². The van der Waals surface area contributed by atoms with Crippen LogP contribution in [0.25, 0.3) is 10.8 Å². The van der Waals surface area contributed by atoms with E-state index in [1.807, 2.05) is 0 Å². The Kier molecular flexibility index (Phi) is 20.9. The first kappa shape index (κ1) is 49.2. The summed E-state index contributed by atoms with van der Waals surface area (Å²) in [5, 5.41) is 48.4. The number of ether oxygens (including phenoxy) is 1. The Morgan fingerprint density at radius 3 is 2.30 bits per heavy atom. The average molecular weight is 860 g/mol. The predicted octanol–water partition coefficient (Wildman–Crippen LogP) is -7.41. The summed E-state index contributed by atoms with van der Waals surface area (Å²) in [6, 6.07) is 8.16. The van der Waals surface area contributed by atoms with Crippen molar-refractivity contribution in [2.45, 2.75) is 14.7 Å². The molecule has 4 aromatic rings. The van der Waals surface area contributed by atoms with Crippen LogP contribution in [0, 0.1) is 6.08 Å². The van der Waals surface area contributed by atoms with Crippen LogP contribution in [-0.2, 0) is 47.6 Å². The Morgan fingerprint density at radius 1 is 0.963 bits per heavy atom. The van der Waals surface area contributed by atoms with Gasteiger partial charge in [-0.25, -0.2) is 16.8 Å². The number of phenols is 1. The molecular formula is C25H21FN7Na3O14S4. The molecule has 0 spiro atoms. The zero-order valence-corrected chi connectivity index (χ0v) is 37.5. The number of nitrogens with zero attached hydrogens (tertiary/aromatic N) is 6. The van der Waals surface area contributed by atoms with Crippen LogP contribution >= 0.6 is 24.4 Å². The van der Waals surface area contributed by atoms with Crippen molar-refractivity contribution in [2.75, 3.05) is 48.9 Å². The minimum Gasteiger partial charge on any atom is -0.744 e. The van der Waals surface area contributed by atoms with Gasteiger partial charge in [-0.3, -0.25) is 14.3 Å². The first-order valence-corrected chi connectivity index (χ1v) is 18.3. The second-order valence-electron chi connectivity index (χ2n) is 9.81. The van der Waals surface area contributed by atoms with E-state index in [0.717, 1.165) is 12.1 Å². The zero-order chi connectivity index (χ0) is 36.6. The molecule has 1 aromatic heterocycles. The van der Waals surface area contributed by atoms with Crippen molar-refractivity contribution in [3.8, 4) is 5.75 Å². The van der Waals surface area contributed by atoms with Crippen molar-refractivity contribution in [1.29, 1.82) is 0 Å². The van der Waals surface area contributed by atoms with Crippen LogP contribution in [0.15, 0.2) is 67.4 Å². The topological polar surface area (TPSA) is 292 Å². The number of benzene rings is 3. The number of sulfone groups is 1. The van der Waals surface area contributed by atoms with Crippen LogP contribution in [0.4, 0.5) is 33.3 Å². The number of azo groups is 1. The molecule has 2 heterocycles. The molecule has 54 heavy (non-hydrogen) atoms. The molecule has 0 unspecified atom stereocenters. The summed E-state index contributed by atoms with van der Waals surface area (Å²) >= 11 is 0.424. The third kappa shape index (κ3) is 13.3. The predicted molar refractivity (Wildman–Crippen MR) is 166 cm³/mol. The van der Waals surface area contributed by atoms with Gasteiger partial charge in [-0.1, -0.05) is 0 Å². The van der Waals surface area contributed by atoms with Gasteiger partial charge in [-0.05, 0) is 47.9 Å². The van der Waals surface area contributed by atoms with E-state index in [2.05, 4.69) is 49.2 Å². The van der Waals surface area contributed by atoms with E-state index in [1.54, 1.807) is 4.90 Å². The maximum absolute atomic E-state index is 14.4. The van der Waals surface area contributed by atoms with E-state index in [1.165, 1.54) is 30.3 Å². The molecule has 1 fully saturated rings. The first-order chi connectivity index (χ1) is 24.4. The maximum Gasteiger partial charge on any atom is 1.00 e. The molecular weight excluding hydrogens is 839 g/mol. The van der Waals surface area contributed by atoms with E-state index in [-0.39, 0.29) is 158 Å². The Morgan fingerprint density at radius 2 is 1.65 bits per heavy atom. The number of rotatable bonds is 16. The number of hydrogen-bond donors (Lipinski definition) is 2. The van der Waals surface area contributed by atoms with Crippen molar-refractivity contribution in [2.24, 2.45) is 10.2 Å². The van der Waals surface area contributed by atoms with E-state index >= 15 is 0 Å². The molecule has 21 nitrogen and oxygen atoms in total. The van der Waals surface area contributed by atoms with E-state index in [4.69, 9.17) is 8.92 Å². The fraction of sp³-hybridized carbons (Fsp3) is 0.240. The zero-order valence-electron chi connectivity index (χ0n) is 28.2. The molecule has 3 aromatic carbocycles. The number of hydrogen-bond acceptors (Lipinski definition) is 23. The molecule has 0 amide bonds. The van der Waals surface area contributed by atoms with Gasteiger partial charge < -0.3 is 35.1 Å². The number of halogens is 1. The van der Waals surface area contributed by atoms with Crippen LogP contribution < -0.4 is 109 Å². The van der Waals surface area contributed by atoms with Crippen LogP contribution in [-0.4, -0.2) is 80.1 Å². The smallest absolute Gasteiger partial charge is 0.744 e. The summed E-state index contributed by atoms with van der Waals surface area (Å²) in [4.78, 5) is 11.9. The Labute approximate surface area is 380 Å². The molecule has 1 aliphatic heterocycles. The standard InChI is InChI=1S/C25H24FN7O14S4.3Na/c26-23-28-24(30-25(29-23)33-5-7-42-8-6-33)27-18-13-17-14(12-20(18)51(39,40)41)11-19(48-46-44-35)21(22(17)34)32-31-15-1-3-16(4-2-15)50(37,38)10-9-43-49-47-45-36;;;/h1-4,11-13,34-36H,5-10H2,(H,39,40,41)(H,27,28,29,30);;;/q;3*+1/p-3. The fourth-order valence-electron chi connectivity index (χ4n) is 4.46. The molecule has 1 saturated heterocycles. The molecule has 29 heteroatoms. The first-order valence-electron chi connectivity index (χ1n) is 13.8. The molecule has 0 bridgehead atoms. The number of fused-ring (bicyclic) bond motifs is 1. The Hall–Kier alpha value is -0.900. The molecule has 0 atom stereocenters. The minimum atomic E-state index is -5.22. The second kappa shape index (κ2) is 22.9. The quantitative estimate of drug-likeness (QED) is 0.0201. The number of aromatic nitrogens is 3. The molecule has 274 valence electrons. The fourth-order valence-corrected chi connectivity index (χ4v) is 7.02. The van der Waals surface area contributed by atoms with Gasteiger partial charge in [-0.2, -0.15) is 28.8 Å². The van der Waals surface area contributed by atoms with Crippen molar-refractivity contribution in [3.05, 3.63) is 48.5 Å². The van der Waals surface area contributed by atoms with Gasteiger partial charge in [0.1, 0.15) is 15.8 Å². The second-order valence-corrected chi connectivity index (χ2v) is 14.5. The van der Waals surface area contributed by atoms with E-state index in [9.17, 15) is 41.4 Å².